The van der Waals surface area contributed by atoms with Crippen LogP contribution in [0.5, 0.6) is 0 Å². The number of allylic oxidation sites excluding steroid dienone is 1. The van der Waals surface area contributed by atoms with Crippen LogP contribution in [0.1, 0.15) is 15.9 Å². The maximum Gasteiger partial charge on any atom is 0.203 e. The molecule has 0 saturated carbocycles. The molecule has 2 aromatic rings. The van der Waals surface area contributed by atoms with Gasteiger partial charge in [0.25, 0.3) is 0 Å². The normalized spacial score (nSPS) is 15.0. The number of nitriles is 1. The van der Waals surface area contributed by atoms with Gasteiger partial charge in [0.2, 0.25) is 5.78 Å². The Labute approximate surface area is 141 Å². The molecule has 4 heteroatoms. The summed E-state index contributed by atoms with van der Waals surface area (Å²) in [6.07, 6.45) is 1.64. The highest BCUT2D eigenvalue weighted by Crippen LogP contribution is 2.19. The molecular formula is C20H18N2O2. The number of morpholine rings is 1. The Hall–Kier alpha value is -2.90. The summed E-state index contributed by atoms with van der Waals surface area (Å²) < 4.78 is 5.36. The SMILES string of the molecule is N#C/C(=C\c1ccc(N2CCOCC2)cc1)C(=O)c1ccccc1. The lowest BCUT2D eigenvalue weighted by molar-refractivity contribution is 0.104. The first kappa shape index (κ1) is 16.0. The molecule has 0 bridgehead atoms. The summed E-state index contributed by atoms with van der Waals surface area (Å²) in [7, 11) is 0. The summed E-state index contributed by atoms with van der Waals surface area (Å²) in [5, 5.41) is 9.32. The van der Waals surface area contributed by atoms with Gasteiger partial charge in [-0.15, -0.1) is 0 Å². The highest BCUT2D eigenvalue weighted by molar-refractivity contribution is 6.14. The van der Waals surface area contributed by atoms with E-state index in [1.807, 2.05) is 36.4 Å². The minimum Gasteiger partial charge on any atom is -0.378 e. The third kappa shape index (κ3) is 3.70. The summed E-state index contributed by atoms with van der Waals surface area (Å²) >= 11 is 0. The number of benzene rings is 2. The molecule has 2 aromatic carbocycles. The molecule has 0 spiro atoms. The maximum atomic E-state index is 12.4. The minimum atomic E-state index is -0.254. The summed E-state index contributed by atoms with van der Waals surface area (Å²) in [5.41, 5.74) is 2.63. The fraction of sp³-hybridized carbons (Fsp3) is 0.200. The van der Waals surface area contributed by atoms with E-state index in [2.05, 4.69) is 4.90 Å². The first-order valence-corrected chi connectivity index (χ1v) is 7.92. The topological polar surface area (TPSA) is 53.3 Å². The number of anilines is 1. The van der Waals surface area contributed by atoms with Gasteiger partial charge in [0.05, 0.1) is 13.2 Å². The minimum absolute atomic E-state index is 0.139. The van der Waals surface area contributed by atoms with Gasteiger partial charge < -0.3 is 9.64 Å². The second-order valence-corrected chi connectivity index (χ2v) is 5.56. The van der Waals surface area contributed by atoms with Gasteiger partial charge in [-0.2, -0.15) is 5.26 Å². The Morgan fingerprint density at radius 3 is 2.33 bits per heavy atom. The number of carbonyl (C=O) groups is 1. The molecule has 0 N–H and O–H groups in total. The lowest BCUT2D eigenvalue weighted by atomic mass is 10.0. The van der Waals surface area contributed by atoms with Crippen LogP contribution in [0.25, 0.3) is 6.08 Å². The Kier molecular flexibility index (Phi) is 5.05. The molecule has 0 amide bonds. The monoisotopic (exact) mass is 318 g/mol. The Bertz CT molecular complexity index is 768. The maximum absolute atomic E-state index is 12.4. The van der Waals surface area contributed by atoms with Crippen molar-refractivity contribution in [1.82, 2.24) is 0 Å². The van der Waals surface area contributed by atoms with Crippen LogP contribution >= 0.6 is 0 Å². The molecule has 1 aliphatic rings. The van der Waals surface area contributed by atoms with E-state index < -0.39 is 0 Å². The van der Waals surface area contributed by atoms with Gasteiger partial charge in [0.15, 0.2) is 0 Å². The van der Waals surface area contributed by atoms with Crippen LogP contribution in [0.3, 0.4) is 0 Å². The quantitative estimate of drug-likeness (QED) is 0.493. The zero-order valence-electron chi connectivity index (χ0n) is 13.3. The zero-order valence-corrected chi connectivity index (χ0v) is 13.3. The predicted molar refractivity (Wildman–Crippen MR) is 93.8 cm³/mol. The molecule has 120 valence electrons. The van der Waals surface area contributed by atoms with Gasteiger partial charge >= 0.3 is 0 Å². The first-order valence-electron chi connectivity index (χ1n) is 7.92. The largest absolute Gasteiger partial charge is 0.378 e. The van der Waals surface area contributed by atoms with E-state index in [0.29, 0.717) is 5.56 Å². The van der Waals surface area contributed by atoms with Crippen molar-refractivity contribution in [1.29, 1.82) is 5.26 Å². The van der Waals surface area contributed by atoms with E-state index >= 15 is 0 Å². The number of ketones is 1. The lowest BCUT2D eigenvalue weighted by Gasteiger charge is -2.28. The molecule has 1 heterocycles. The van der Waals surface area contributed by atoms with Crippen molar-refractivity contribution in [3.05, 3.63) is 71.3 Å². The molecule has 0 aliphatic carbocycles. The second kappa shape index (κ2) is 7.58. The van der Waals surface area contributed by atoms with Gasteiger partial charge in [0, 0.05) is 24.3 Å². The van der Waals surface area contributed by atoms with E-state index in [0.717, 1.165) is 37.6 Å². The number of nitrogens with zero attached hydrogens (tertiary/aromatic N) is 2. The van der Waals surface area contributed by atoms with Crippen LogP contribution in [-0.4, -0.2) is 32.1 Å². The Balaban J connectivity index is 1.78. The van der Waals surface area contributed by atoms with Crippen molar-refractivity contribution >= 4 is 17.5 Å². The Morgan fingerprint density at radius 1 is 1.04 bits per heavy atom. The molecule has 0 radical (unpaired) electrons. The molecule has 1 aliphatic heterocycles. The van der Waals surface area contributed by atoms with Crippen LogP contribution in [0.4, 0.5) is 5.69 Å². The number of hydrogen-bond acceptors (Lipinski definition) is 4. The number of hydrogen-bond donors (Lipinski definition) is 0. The van der Waals surface area contributed by atoms with E-state index in [1.54, 1.807) is 30.3 Å². The van der Waals surface area contributed by atoms with Gasteiger partial charge in [-0.1, -0.05) is 42.5 Å². The summed E-state index contributed by atoms with van der Waals surface area (Å²) in [5.74, 6) is -0.254. The second-order valence-electron chi connectivity index (χ2n) is 5.56. The summed E-state index contributed by atoms with van der Waals surface area (Å²) in [4.78, 5) is 14.6. The average Bonchev–Trinajstić information content (AvgIpc) is 2.67. The average molecular weight is 318 g/mol. The third-order valence-corrected chi connectivity index (χ3v) is 3.98. The van der Waals surface area contributed by atoms with Gasteiger partial charge in [-0.25, -0.2) is 0 Å². The highest BCUT2D eigenvalue weighted by atomic mass is 16.5. The molecular weight excluding hydrogens is 300 g/mol. The van der Waals surface area contributed by atoms with E-state index in [-0.39, 0.29) is 11.4 Å². The van der Waals surface area contributed by atoms with Crippen LogP contribution in [0.15, 0.2) is 60.2 Å². The van der Waals surface area contributed by atoms with Gasteiger partial charge in [-0.3, -0.25) is 4.79 Å². The fourth-order valence-corrected chi connectivity index (χ4v) is 2.66. The third-order valence-electron chi connectivity index (χ3n) is 3.98. The van der Waals surface area contributed by atoms with Crippen molar-refractivity contribution in [2.24, 2.45) is 0 Å². The van der Waals surface area contributed by atoms with Crippen LogP contribution in [-0.2, 0) is 4.74 Å². The van der Waals surface area contributed by atoms with E-state index in [9.17, 15) is 10.1 Å². The lowest BCUT2D eigenvalue weighted by Crippen LogP contribution is -2.36. The standard InChI is InChI=1S/C20H18N2O2/c21-15-18(20(23)17-4-2-1-3-5-17)14-16-6-8-19(9-7-16)22-10-12-24-13-11-22/h1-9,14H,10-13H2/b18-14+. The number of rotatable bonds is 4. The number of Topliss-reactive ketones (excluding diaryl/α,β-unsaturated/α-hetero) is 1. The molecule has 1 fully saturated rings. The summed E-state index contributed by atoms with van der Waals surface area (Å²) in [6.45, 7) is 3.24. The van der Waals surface area contributed by atoms with Crippen molar-refractivity contribution < 1.29 is 9.53 Å². The van der Waals surface area contributed by atoms with Crippen LogP contribution < -0.4 is 4.90 Å². The zero-order chi connectivity index (χ0) is 16.8. The fourth-order valence-electron chi connectivity index (χ4n) is 2.66. The highest BCUT2D eigenvalue weighted by Gasteiger charge is 2.13. The molecule has 0 unspecified atom stereocenters. The summed E-state index contributed by atoms with van der Waals surface area (Å²) in [6, 6.07) is 18.8. The van der Waals surface area contributed by atoms with Gasteiger partial charge in [0.1, 0.15) is 11.6 Å². The van der Waals surface area contributed by atoms with Crippen molar-refractivity contribution in [2.45, 2.75) is 0 Å². The molecule has 3 rings (SSSR count). The van der Waals surface area contributed by atoms with Crippen LogP contribution in [0.2, 0.25) is 0 Å². The molecule has 0 atom stereocenters. The van der Waals surface area contributed by atoms with E-state index in [4.69, 9.17) is 4.74 Å². The van der Waals surface area contributed by atoms with Crippen LogP contribution in [0, 0.1) is 11.3 Å². The molecule has 0 aromatic heterocycles. The molecule has 4 nitrogen and oxygen atoms in total. The number of carbonyl (C=O) groups excluding carboxylic acids is 1. The van der Waals surface area contributed by atoms with Gasteiger partial charge in [-0.05, 0) is 23.8 Å². The predicted octanol–water partition coefficient (Wildman–Crippen LogP) is 3.31. The Morgan fingerprint density at radius 2 is 1.71 bits per heavy atom. The van der Waals surface area contributed by atoms with Crippen molar-refractivity contribution in [3.63, 3.8) is 0 Å². The number of ether oxygens (including phenoxy) is 1. The molecule has 1 saturated heterocycles. The first-order chi connectivity index (χ1) is 11.8. The van der Waals surface area contributed by atoms with E-state index in [1.165, 1.54) is 0 Å². The smallest absolute Gasteiger partial charge is 0.203 e. The van der Waals surface area contributed by atoms with Crippen molar-refractivity contribution in [3.8, 4) is 6.07 Å². The molecule has 24 heavy (non-hydrogen) atoms. The van der Waals surface area contributed by atoms with Crippen molar-refractivity contribution in [2.75, 3.05) is 31.2 Å².